The van der Waals surface area contributed by atoms with Crippen LogP contribution in [0.15, 0.2) is 0 Å². The normalized spacial score (nSPS) is 12.2. The fourth-order valence-electron chi connectivity index (χ4n) is 5.12. The summed E-state index contributed by atoms with van der Waals surface area (Å²) in [5, 5.41) is 9.11. The number of carbonyl (C=O) groups is 2. The summed E-state index contributed by atoms with van der Waals surface area (Å²) in [4.78, 5) is 26.0. The third kappa shape index (κ3) is 26.7. The van der Waals surface area contributed by atoms with E-state index in [-0.39, 0.29) is 18.4 Å². The van der Waals surface area contributed by atoms with Gasteiger partial charge >= 0.3 is 5.97 Å². The number of Topliss-reactive ketones (excluding diaryl/α,β-unsaturated/α-hetero) is 1. The lowest BCUT2D eigenvalue weighted by Gasteiger charge is -2.22. The highest BCUT2D eigenvalue weighted by molar-refractivity contribution is 5.75. The number of carbonyl (C=O) groups excluding carboxylic acids is 2. The van der Waals surface area contributed by atoms with Crippen LogP contribution in [-0.4, -0.2) is 54.6 Å². The summed E-state index contributed by atoms with van der Waals surface area (Å²) in [5.41, 5.74) is 0. The molecule has 1 unspecified atom stereocenters. The molecular weight excluding hydrogens is 474 g/mol. The van der Waals surface area contributed by atoms with Gasteiger partial charge in [-0.3, -0.25) is 4.79 Å². The Labute approximate surface area is 236 Å². The van der Waals surface area contributed by atoms with E-state index < -0.39 is 0 Å². The number of ketones is 1. The molecule has 0 saturated heterocycles. The molecule has 0 aromatic carbocycles. The second-order valence-corrected chi connectivity index (χ2v) is 11.6. The van der Waals surface area contributed by atoms with E-state index >= 15 is 0 Å². The lowest BCUT2D eigenvalue weighted by Crippen LogP contribution is -2.27. The topological polar surface area (TPSA) is 66.8 Å². The first-order valence-electron chi connectivity index (χ1n) is 16.5. The number of hydrogen-bond acceptors (Lipinski definition) is 5. The molecule has 0 fully saturated rings. The number of ether oxygens (including phenoxy) is 1. The molecule has 0 bridgehead atoms. The minimum Gasteiger partial charge on any atom is -0.465 e. The van der Waals surface area contributed by atoms with Crippen molar-refractivity contribution in [3.63, 3.8) is 0 Å². The summed E-state index contributed by atoms with van der Waals surface area (Å²) in [6, 6.07) is 0. The molecule has 38 heavy (non-hydrogen) atoms. The first-order chi connectivity index (χ1) is 18.5. The fourth-order valence-corrected chi connectivity index (χ4v) is 5.12. The molecule has 0 aliphatic heterocycles. The van der Waals surface area contributed by atoms with E-state index in [1.165, 1.54) is 77.0 Å². The third-order valence-electron chi connectivity index (χ3n) is 7.65. The highest BCUT2D eigenvalue weighted by Gasteiger charge is 2.12. The van der Waals surface area contributed by atoms with Crippen LogP contribution in [0.2, 0.25) is 0 Å². The van der Waals surface area contributed by atoms with Crippen molar-refractivity contribution in [3.05, 3.63) is 0 Å². The summed E-state index contributed by atoms with van der Waals surface area (Å²) in [6.07, 6.45) is 24.8. The SMILES string of the molecule is CCCCCCCCC(CCCCCC)COC(=O)CCCCCN(CCCCO)CCCCCC(C)=O. The van der Waals surface area contributed by atoms with Crippen molar-refractivity contribution >= 4 is 11.8 Å². The van der Waals surface area contributed by atoms with Crippen LogP contribution in [0, 0.1) is 5.92 Å². The molecule has 0 amide bonds. The first-order valence-corrected chi connectivity index (χ1v) is 16.5. The maximum Gasteiger partial charge on any atom is 0.305 e. The molecule has 0 rings (SSSR count). The van der Waals surface area contributed by atoms with Gasteiger partial charge in [0, 0.05) is 19.4 Å². The second-order valence-electron chi connectivity index (χ2n) is 11.6. The van der Waals surface area contributed by atoms with E-state index in [2.05, 4.69) is 18.7 Å². The van der Waals surface area contributed by atoms with Gasteiger partial charge in [0.15, 0.2) is 0 Å². The number of aliphatic hydroxyl groups is 1. The third-order valence-corrected chi connectivity index (χ3v) is 7.65. The molecule has 0 aliphatic rings. The Kier molecular flexibility index (Phi) is 28.3. The van der Waals surface area contributed by atoms with Gasteiger partial charge in [0.25, 0.3) is 0 Å². The van der Waals surface area contributed by atoms with Crippen LogP contribution in [0.1, 0.15) is 162 Å². The average Bonchev–Trinajstić information content (AvgIpc) is 2.90. The van der Waals surface area contributed by atoms with Gasteiger partial charge in [-0.25, -0.2) is 0 Å². The molecular formula is C33H65NO4. The summed E-state index contributed by atoms with van der Waals surface area (Å²) in [6.45, 7) is 10.2. The zero-order valence-corrected chi connectivity index (χ0v) is 25.8. The van der Waals surface area contributed by atoms with Gasteiger partial charge in [0.1, 0.15) is 5.78 Å². The molecule has 5 heteroatoms. The van der Waals surface area contributed by atoms with Gasteiger partial charge in [-0.1, -0.05) is 90.9 Å². The van der Waals surface area contributed by atoms with Gasteiger partial charge in [0.05, 0.1) is 6.61 Å². The Morgan fingerprint density at radius 1 is 0.632 bits per heavy atom. The molecule has 0 radical (unpaired) electrons. The van der Waals surface area contributed by atoms with E-state index in [1.807, 2.05) is 0 Å². The summed E-state index contributed by atoms with van der Waals surface area (Å²) in [5.74, 6) is 0.797. The van der Waals surface area contributed by atoms with Crippen molar-refractivity contribution in [3.8, 4) is 0 Å². The highest BCUT2D eigenvalue weighted by Crippen LogP contribution is 2.20. The van der Waals surface area contributed by atoms with E-state index in [1.54, 1.807) is 6.92 Å². The van der Waals surface area contributed by atoms with Crippen LogP contribution in [0.4, 0.5) is 0 Å². The predicted octanol–water partition coefficient (Wildman–Crippen LogP) is 8.65. The smallest absolute Gasteiger partial charge is 0.305 e. The van der Waals surface area contributed by atoms with Crippen molar-refractivity contribution in [2.75, 3.05) is 32.8 Å². The molecule has 0 heterocycles. The predicted molar refractivity (Wildman–Crippen MR) is 162 cm³/mol. The van der Waals surface area contributed by atoms with Crippen LogP contribution in [0.25, 0.3) is 0 Å². The summed E-state index contributed by atoms with van der Waals surface area (Å²) in [7, 11) is 0. The van der Waals surface area contributed by atoms with E-state index in [0.29, 0.717) is 25.4 Å². The monoisotopic (exact) mass is 539 g/mol. The quantitative estimate of drug-likeness (QED) is 0.0730. The molecule has 0 aliphatic carbocycles. The maximum absolute atomic E-state index is 12.4. The van der Waals surface area contributed by atoms with Crippen molar-refractivity contribution < 1.29 is 19.4 Å². The van der Waals surface area contributed by atoms with Crippen LogP contribution < -0.4 is 0 Å². The zero-order chi connectivity index (χ0) is 28.1. The summed E-state index contributed by atoms with van der Waals surface area (Å²) < 4.78 is 5.75. The number of hydrogen-bond donors (Lipinski definition) is 1. The van der Waals surface area contributed by atoms with Gasteiger partial charge in [-0.15, -0.1) is 0 Å². The van der Waals surface area contributed by atoms with Crippen LogP contribution in [0.5, 0.6) is 0 Å². The highest BCUT2D eigenvalue weighted by atomic mass is 16.5. The van der Waals surface area contributed by atoms with Crippen molar-refractivity contribution in [1.82, 2.24) is 4.90 Å². The first kappa shape index (κ1) is 37.1. The number of aliphatic hydroxyl groups excluding tert-OH is 1. The second kappa shape index (κ2) is 29.1. The Morgan fingerprint density at radius 3 is 1.66 bits per heavy atom. The minimum atomic E-state index is -0.0169. The number of rotatable bonds is 30. The van der Waals surface area contributed by atoms with E-state index in [4.69, 9.17) is 9.84 Å². The number of nitrogens with zero attached hydrogens (tertiary/aromatic N) is 1. The Hall–Kier alpha value is -0.940. The Balaban J connectivity index is 4.16. The zero-order valence-electron chi connectivity index (χ0n) is 25.8. The molecule has 226 valence electrons. The maximum atomic E-state index is 12.4. The Bertz CT molecular complexity index is 525. The van der Waals surface area contributed by atoms with Gasteiger partial charge in [-0.05, 0) is 83.8 Å². The van der Waals surface area contributed by atoms with Crippen molar-refractivity contribution in [2.45, 2.75) is 162 Å². The molecule has 1 N–H and O–H groups in total. The van der Waals surface area contributed by atoms with Gasteiger partial charge in [-0.2, -0.15) is 0 Å². The lowest BCUT2D eigenvalue weighted by molar-refractivity contribution is -0.145. The largest absolute Gasteiger partial charge is 0.465 e. The van der Waals surface area contributed by atoms with Gasteiger partial charge < -0.3 is 19.5 Å². The van der Waals surface area contributed by atoms with Crippen LogP contribution >= 0.6 is 0 Å². The fraction of sp³-hybridized carbons (Fsp3) is 0.939. The average molecular weight is 540 g/mol. The molecule has 5 nitrogen and oxygen atoms in total. The molecule has 0 aromatic rings. The minimum absolute atomic E-state index is 0.0169. The van der Waals surface area contributed by atoms with Crippen LogP contribution in [0.3, 0.4) is 0 Å². The molecule has 0 saturated carbocycles. The van der Waals surface area contributed by atoms with Gasteiger partial charge in [0.2, 0.25) is 0 Å². The lowest BCUT2D eigenvalue weighted by atomic mass is 9.95. The molecule has 0 aromatic heterocycles. The Morgan fingerprint density at radius 2 is 1.11 bits per heavy atom. The summed E-state index contributed by atoms with van der Waals surface area (Å²) >= 11 is 0. The standard InChI is InChI=1S/C33H65NO4/c1-4-6-8-10-11-16-24-32(23-15-9-7-5-2)30-38-33(37)25-17-13-19-27-34(28-20-21-29-35)26-18-12-14-22-31(3)36/h32,35H,4-30H2,1-3H3. The van der Waals surface area contributed by atoms with E-state index in [9.17, 15) is 9.59 Å². The van der Waals surface area contributed by atoms with Crippen molar-refractivity contribution in [1.29, 1.82) is 0 Å². The molecule has 0 spiro atoms. The van der Waals surface area contributed by atoms with Crippen molar-refractivity contribution in [2.24, 2.45) is 5.92 Å². The number of unbranched alkanes of at least 4 members (excludes halogenated alkanes) is 13. The number of esters is 1. The van der Waals surface area contributed by atoms with Crippen LogP contribution in [-0.2, 0) is 14.3 Å². The molecule has 1 atom stereocenters. The van der Waals surface area contributed by atoms with E-state index in [0.717, 1.165) is 71.0 Å².